The van der Waals surface area contributed by atoms with Crippen LogP contribution in [0, 0.1) is 0 Å². The van der Waals surface area contributed by atoms with Crippen molar-refractivity contribution in [1.29, 1.82) is 0 Å². The number of ether oxygens (including phenoxy) is 1. The molecule has 2 rings (SSSR count). The average molecular weight is 259 g/mol. The van der Waals surface area contributed by atoms with Crippen molar-refractivity contribution >= 4 is 0 Å². The lowest BCUT2D eigenvalue weighted by Crippen LogP contribution is -2.15. The van der Waals surface area contributed by atoms with Crippen LogP contribution < -0.4 is 5.32 Å². The van der Waals surface area contributed by atoms with Crippen molar-refractivity contribution in [2.45, 2.75) is 45.3 Å². The number of nitrogens with one attached hydrogen (secondary N) is 1. The number of methoxy groups -OCH3 is 1. The molecule has 2 nitrogen and oxygen atoms in total. The van der Waals surface area contributed by atoms with E-state index in [0.717, 1.165) is 13.1 Å². The molecule has 0 aliphatic heterocycles. The molecule has 1 aromatic rings. The molecule has 0 fully saturated rings. The smallest absolute Gasteiger partial charge is 0.0713 e. The molecule has 19 heavy (non-hydrogen) atoms. The van der Waals surface area contributed by atoms with Crippen LogP contribution in [0.5, 0.6) is 0 Å². The van der Waals surface area contributed by atoms with E-state index in [-0.39, 0.29) is 0 Å². The first-order valence-electron chi connectivity index (χ1n) is 7.34. The fourth-order valence-electron chi connectivity index (χ4n) is 2.53. The van der Waals surface area contributed by atoms with E-state index in [1.807, 2.05) is 0 Å². The maximum absolute atomic E-state index is 5.11. The highest BCUT2D eigenvalue weighted by Gasteiger charge is 2.02. The zero-order valence-electron chi connectivity index (χ0n) is 12.0. The van der Waals surface area contributed by atoms with Gasteiger partial charge >= 0.3 is 0 Å². The molecule has 0 saturated carbocycles. The van der Waals surface area contributed by atoms with Crippen LogP contribution in [0.1, 0.15) is 43.2 Å². The summed E-state index contributed by atoms with van der Waals surface area (Å²) >= 11 is 0. The standard InChI is InChI=1S/C17H25NO/c1-19-14-17-9-7-16(8-10-17)13-18-12-11-15-5-3-2-4-6-15/h5,7-10,18H,2-4,6,11-14H2,1H3. The van der Waals surface area contributed by atoms with Gasteiger partial charge in [0.05, 0.1) is 6.61 Å². The monoisotopic (exact) mass is 259 g/mol. The van der Waals surface area contributed by atoms with Gasteiger partial charge < -0.3 is 10.1 Å². The maximum atomic E-state index is 5.11. The fourth-order valence-corrected chi connectivity index (χ4v) is 2.53. The predicted molar refractivity (Wildman–Crippen MR) is 80.0 cm³/mol. The van der Waals surface area contributed by atoms with E-state index in [1.54, 1.807) is 12.7 Å². The third kappa shape index (κ3) is 5.17. The Morgan fingerprint density at radius 1 is 1.11 bits per heavy atom. The Kier molecular flexibility index (Phi) is 6.12. The molecule has 1 aromatic carbocycles. The van der Waals surface area contributed by atoms with Gasteiger partial charge in [-0.15, -0.1) is 0 Å². The van der Waals surface area contributed by atoms with Crippen LogP contribution in [0.15, 0.2) is 35.9 Å². The van der Waals surface area contributed by atoms with Gasteiger partial charge in [-0.1, -0.05) is 35.9 Å². The summed E-state index contributed by atoms with van der Waals surface area (Å²) in [4.78, 5) is 0. The Hall–Kier alpha value is -1.12. The Labute approximate surface area is 116 Å². The zero-order chi connectivity index (χ0) is 13.3. The van der Waals surface area contributed by atoms with Crippen LogP contribution in [-0.2, 0) is 17.9 Å². The molecule has 0 saturated heterocycles. The summed E-state index contributed by atoms with van der Waals surface area (Å²) in [5, 5.41) is 3.53. The van der Waals surface area contributed by atoms with Crippen molar-refractivity contribution in [3.63, 3.8) is 0 Å². The van der Waals surface area contributed by atoms with Crippen LogP contribution in [-0.4, -0.2) is 13.7 Å². The van der Waals surface area contributed by atoms with E-state index in [0.29, 0.717) is 6.61 Å². The summed E-state index contributed by atoms with van der Waals surface area (Å²) in [5.74, 6) is 0. The second-order valence-corrected chi connectivity index (χ2v) is 5.28. The number of allylic oxidation sites excluding steroid dienone is 1. The Morgan fingerprint density at radius 3 is 2.58 bits per heavy atom. The lowest BCUT2D eigenvalue weighted by Gasteiger charge is -2.13. The van der Waals surface area contributed by atoms with Crippen molar-refractivity contribution in [3.05, 3.63) is 47.0 Å². The second-order valence-electron chi connectivity index (χ2n) is 5.28. The fraction of sp³-hybridized carbons (Fsp3) is 0.529. The lowest BCUT2D eigenvalue weighted by atomic mass is 9.97. The minimum atomic E-state index is 0.696. The first-order chi connectivity index (χ1) is 9.38. The summed E-state index contributed by atoms with van der Waals surface area (Å²) in [6.45, 7) is 2.74. The van der Waals surface area contributed by atoms with Gasteiger partial charge in [-0.3, -0.25) is 0 Å². The van der Waals surface area contributed by atoms with E-state index in [9.17, 15) is 0 Å². The summed E-state index contributed by atoms with van der Waals surface area (Å²) in [7, 11) is 1.73. The zero-order valence-corrected chi connectivity index (χ0v) is 12.0. The quantitative estimate of drug-likeness (QED) is 0.594. The van der Waals surface area contributed by atoms with Crippen molar-refractivity contribution < 1.29 is 4.74 Å². The SMILES string of the molecule is COCc1ccc(CNCCC2=CCCCC2)cc1. The second kappa shape index (κ2) is 8.13. The molecule has 1 N–H and O–H groups in total. The summed E-state index contributed by atoms with van der Waals surface area (Å²) in [5.41, 5.74) is 4.23. The molecule has 0 heterocycles. The maximum Gasteiger partial charge on any atom is 0.0713 e. The van der Waals surface area contributed by atoms with Gasteiger partial charge in [0.15, 0.2) is 0 Å². The van der Waals surface area contributed by atoms with E-state index >= 15 is 0 Å². The van der Waals surface area contributed by atoms with E-state index < -0.39 is 0 Å². The van der Waals surface area contributed by atoms with Gasteiger partial charge in [0.25, 0.3) is 0 Å². The molecule has 0 bridgehead atoms. The largest absolute Gasteiger partial charge is 0.380 e. The van der Waals surface area contributed by atoms with E-state index in [4.69, 9.17) is 4.74 Å². The van der Waals surface area contributed by atoms with E-state index in [1.165, 1.54) is 43.2 Å². The first kappa shape index (κ1) is 14.3. The molecule has 0 aromatic heterocycles. The van der Waals surface area contributed by atoms with Gasteiger partial charge in [-0.05, 0) is 49.8 Å². The summed E-state index contributed by atoms with van der Waals surface area (Å²) in [6, 6.07) is 8.65. The summed E-state index contributed by atoms with van der Waals surface area (Å²) in [6.07, 6.45) is 9.01. The van der Waals surface area contributed by atoms with Gasteiger partial charge in [-0.2, -0.15) is 0 Å². The minimum absolute atomic E-state index is 0.696. The van der Waals surface area contributed by atoms with Crippen molar-refractivity contribution in [2.24, 2.45) is 0 Å². The third-order valence-corrected chi connectivity index (χ3v) is 3.67. The molecular formula is C17H25NO. The molecule has 0 radical (unpaired) electrons. The molecule has 1 aliphatic carbocycles. The molecule has 0 amide bonds. The molecular weight excluding hydrogens is 234 g/mol. The number of benzene rings is 1. The minimum Gasteiger partial charge on any atom is -0.380 e. The Bertz CT molecular complexity index is 394. The molecule has 104 valence electrons. The lowest BCUT2D eigenvalue weighted by molar-refractivity contribution is 0.185. The van der Waals surface area contributed by atoms with Crippen molar-refractivity contribution in [1.82, 2.24) is 5.32 Å². The van der Waals surface area contributed by atoms with E-state index in [2.05, 4.69) is 35.7 Å². The molecule has 0 unspecified atom stereocenters. The number of hydrogen-bond donors (Lipinski definition) is 1. The third-order valence-electron chi connectivity index (χ3n) is 3.67. The summed E-state index contributed by atoms with van der Waals surface area (Å²) < 4.78 is 5.11. The van der Waals surface area contributed by atoms with Gasteiger partial charge in [-0.25, -0.2) is 0 Å². The first-order valence-corrected chi connectivity index (χ1v) is 7.34. The van der Waals surface area contributed by atoms with Crippen molar-refractivity contribution in [3.8, 4) is 0 Å². The molecule has 2 heteroatoms. The highest BCUT2D eigenvalue weighted by atomic mass is 16.5. The highest BCUT2D eigenvalue weighted by molar-refractivity contribution is 5.21. The van der Waals surface area contributed by atoms with Crippen LogP contribution in [0.25, 0.3) is 0 Å². The van der Waals surface area contributed by atoms with Gasteiger partial charge in [0.1, 0.15) is 0 Å². The topological polar surface area (TPSA) is 21.3 Å². The highest BCUT2D eigenvalue weighted by Crippen LogP contribution is 2.19. The predicted octanol–water partition coefficient (Wildman–Crippen LogP) is 3.81. The van der Waals surface area contributed by atoms with Crippen LogP contribution in [0.2, 0.25) is 0 Å². The number of hydrogen-bond acceptors (Lipinski definition) is 2. The molecule has 1 aliphatic rings. The van der Waals surface area contributed by atoms with Crippen LogP contribution in [0.4, 0.5) is 0 Å². The average Bonchev–Trinajstić information content (AvgIpc) is 2.47. The Balaban J connectivity index is 1.66. The number of rotatable bonds is 7. The van der Waals surface area contributed by atoms with Crippen LogP contribution >= 0.6 is 0 Å². The Morgan fingerprint density at radius 2 is 1.89 bits per heavy atom. The van der Waals surface area contributed by atoms with Gasteiger partial charge in [0, 0.05) is 13.7 Å². The van der Waals surface area contributed by atoms with Crippen molar-refractivity contribution in [2.75, 3.05) is 13.7 Å². The molecule has 0 atom stereocenters. The van der Waals surface area contributed by atoms with Crippen LogP contribution in [0.3, 0.4) is 0 Å². The molecule has 0 spiro atoms. The van der Waals surface area contributed by atoms with Gasteiger partial charge in [0.2, 0.25) is 0 Å². The normalized spacial score (nSPS) is 15.3.